The summed E-state index contributed by atoms with van der Waals surface area (Å²) in [5, 5.41) is 16.0. The molecule has 1 aliphatic heterocycles. The molecule has 1 atom stereocenters. The van der Waals surface area contributed by atoms with E-state index in [1.807, 2.05) is 35.3 Å². The van der Waals surface area contributed by atoms with Crippen molar-refractivity contribution in [1.29, 1.82) is 0 Å². The summed E-state index contributed by atoms with van der Waals surface area (Å²) in [7, 11) is 0. The maximum atomic E-state index is 11.2. The third kappa shape index (κ3) is 4.27. The van der Waals surface area contributed by atoms with Crippen molar-refractivity contribution in [2.45, 2.75) is 19.4 Å². The molecule has 3 aromatic carbocycles. The van der Waals surface area contributed by atoms with E-state index in [0.29, 0.717) is 0 Å². The topological polar surface area (TPSA) is 52.9 Å². The van der Waals surface area contributed by atoms with Crippen molar-refractivity contribution in [1.82, 2.24) is 0 Å². The van der Waals surface area contributed by atoms with E-state index in [2.05, 4.69) is 55.5 Å². The predicted octanol–water partition coefficient (Wildman–Crippen LogP) is 5.39. The second kappa shape index (κ2) is 8.15. The Balaban J connectivity index is 1.66. The lowest BCUT2D eigenvalue weighted by molar-refractivity contribution is 0.0697. The van der Waals surface area contributed by atoms with Gasteiger partial charge in [0.15, 0.2) is 0 Å². The minimum atomic E-state index is -0.928. The number of anilines is 1. The molecule has 0 aromatic heterocycles. The maximum absolute atomic E-state index is 11.2. The molecule has 4 nitrogen and oxygen atoms in total. The first-order valence-corrected chi connectivity index (χ1v) is 9.60. The molecule has 0 saturated heterocycles. The van der Waals surface area contributed by atoms with Crippen LogP contribution in [-0.2, 0) is 0 Å². The fourth-order valence-electron chi connectivity index (χ4n) is 3.39. The number of hydrogen-bond donors (Lipinski definition) is 1. The maximum Gasteiger partial charge on any atom is 0.335 e. The zero-order chi connectivity index (χ0) is 20.2. The average molecular weight is 382 g/mol. The first-order valence-electron chi connectivity index (χ1n) is 9.60. The molecular weight excluding hydrogens is 360 g/mol. The average Bonchev–Trinajstić information content (AvgIpc) is 3.18. The number of aryl methyl sites for hydroxylation is 1. The summed E-state index contributed by atoms with van der Waals surface area (Å²) in [5.74, 6) is -0.928. The van der Waals surface area contributed by atoms with Gasteiger partial charge in [-0.3, -0.25) is 5.01 Å². The van der Waals surface area contributed by atoms with Crippen molar-refractivity contribution in [3.63, 3.8) is 0 Å². The predicted molar refractivity (Wildman–Crippen MR) is 117 cm³/mol. The van der Waals surface area contributed by atoms with Gasteiger partial charge in [-0.2, -0.15) is 5.10 Å². The molecule has 144 valence electrons. The van der Waals surface area contributed by atoms with Crippen molar-refractivity contribution in [2.24, 2.45) is 5.10 Å². The molecule has 3 aromatic rings. The van der Waals surface area contributed by atoms with Crippen LogP contribution >= 0.6 is 0 Å². The van der Waals surface area contributed by atoms with E-state index < -0.39 is 5.97 Å². The molecule has 0 aliphatic carbocycles. The summed E-state index contributed by atoms with van der Waals surface area (Å²) >= 11 is 0. The number of hydrazone groups is 1. The Kier molecular flexibility index (Phi) is 5.25. The lowest BCUT2D eigenvalue weighted by Gasteiger charge is -2.21. The van der Waals surface area contributed by atoms with E-state index >= 15 is 0 Å². The number of nitrogens with zero attached hydrogens (tertiary/aromatic N) is 2. The van der Waals surface area contributed by atoms with Crippen LogP contribution in [0.1, 0.15) is 33.5 Å². The molecule has 1 aliphatic rings. The third-order valence-corrected chi connectivity index (χ3v) is 5.02. The lowest BCUT2D eigenvalue weighted by atomic mass is 10.0. The molecule has 4 rings (SSSR count). The molecule has 0 fully saturated rings. The van der Waals surface area contributed by atoms with Gasteiger partial charge in [0.05, 0.1) is 23.0 Å². The minimum absolute atomic E-state index is 0.0576. The molecule has 1 N–H and O–H groups in total. The second-order valence-electron chi connectivity index (χ2n) is 7.15. The Labute approximate surface area is 170 Å². The summed E-state index contributed by atoms with van der Waals surface area (Å²) in [4.78, 5) is 11.2. The van der Waals surface area contributed by atoms with Crippen LogP contribution in [-0.4, -0.2) is 22.8 Å². The first-order chi connectivity index (χ1) is 14.1. The number of carboxylic acids is 1. The highest BCUT2D eigenvalue weighted by atomic mass is 16.4. The summed E-state index contributed by atoms with van der Waals surface area (Å²) in [6, 6.07) is 25.5. The SMILES string of the molecule is Cc1ccc(C2=NN(c3ccc(C(=O)O)cc3)[C@H](/C=C/c3ccccc3)C2)cc1. The second-order valence-corrected chi connectivity index (χ2v) is 7.15. The number of rotatable bonds is 5. The number of carbonyl (C=O) groups is 1. The molecule has 0 saturated carbocycles. The van der Waals surface area contributed by atoms with Crippen molar-refractivity contribution < 1.29 is 9.90 Å². The highest BCUT2D eigenvalue weighted by molar-refractivity contribution is 6.03. The van der Waals surface area contributed by atoms with Gasteiger partial charge in [-0.15, -0.1) is 0 Å². The standard InChI is InChI=1S/C25H22N2O2/c1-18-7-10-20(11-8-18)24-17-23(14-9-19-5-3-2-4-6-19)27(26-24)22-15-12-21(13-16-22)25(28)29/h2-16,23H,17H2,1H3,(H,28,29)/b14-9+/t23-/m1/s1. The number of carboxylic acid groups (broad SMARTS) is 1. The summed E-state index contributed by atoms with van der Waals surface area (Å²) in [5.41, 5.74) is 5.63. The van der Waals surface area contributed by atoms with Gasteiger partial charge in [-0.1, -0.05) is 72.3 Å². The first kappa shape index (κ1) is 18.7. The Morgan fingerprint density at radius 3 is 2.34 bits per heavy atom. The zero-order valence-electron chi connectivity index (χ0n) is 16.2. The van der Waals surface area contributed by atoms with E-state index in [4.69, 9.17) is 10.2 Å². The van der Waals surface area contributed by atoms with Crippen LogP contribution in [0.2, 0.25) is 0 Å². The van der Waals surface area contributed by atoms with Crippen molar-refractivity contribution in [3.05, 3.63) is 107 Å². The minimum Gasteiger partial charge on any atom is -0.478 e. The summed E-state index contributed by atoms with van der Waals surface area (Å²) in [6.45, 7) is 2.07. The summed E-state index contributed by atoms with van der Waals surface area (Å²) < 4.78 is 0. The molecule has 0 bridgehead atoms. The third-order valence-electron chi connectivity index (χ3n) is 5.02. The van der Waals surface area contributed by atoms with Gasteiger partial charge in [-0.05, 0) is 42.3 Å². The van der Waals surface area contributed by atoms with Crippen LogP contribution in [0.25, 0.3) is 6.08 Å². The Bertz CT molecular complexity index is 1050. The molecular formula is C25H22N2O2. The molecule has 0 amide bonds. The normalized spacial score (nSPS) is 16.2. The number of aromatic carboxylic acids is 1. The molecule has 29 heavy (non-hydrogen) atoms. The number of hydrogen-bond acceptors (Lipinski definition) is 3. The Morgan fingerprint density at radius 2 is 1.69 bits per heavy atom. The van der Waals surface area contributed by atoms with Crippen LogP contribution in [0.15, 0.2) is 90.0 Å². The van der Waals surface area contributed by atoms with Crippen LogP contribution in [0.3, 0.4) is 0 Å². The van der Waals surface area contributed by atoms with Crippen LogP contribution in [0.5, 0.6) is 0 Å². The van der Waals surface area contributed by atoms with Gasteiger partial charge in [0.1, 0.15) is 0 Å². The highest BCUT2D eigenvalue weighted by Crippen LogP contribution is 2.28. The van der Waals surface area contributed by atoms with Gasteiger partial charge in [0.25, 0.3) is 0 Å². The molecule has 0 radical (unpaired) electrons. The van der Waals surface area contributed by atoms with Crippen molar-refractivity contribution >= 4 is 23.4 Å². The Hall–Kier alpha value is -3.66. The highest BCUT2D eigenvalue weighted by Gasteiger charge is 2.26. The van der Waals surface area contributed by atoms with Gasteiger partial charge in [0, 0.05) is 6.42 Å². The van der Waals surface area contributed by atoms with Gasteiger partial charge < -0.3 is 5.11 Å². The van der Waals surface area contributed by atoms with E-state index in [9.17, 15) is 4.79 Å². The monoisotopic (exact) mass is 382 g/mol. The van der Waals surface area contributed by atoms with Crippen LogP contribution < -0.4 is 5.01 Å². The van der Waals surface area contributed by atoms with Crippen molar-refractivity contribution in [3.8, 4) is 0 Å². The van der Waals surface area contributed by atoms with Gasteiger partial charge >= 0.3 is 5.97 Å². The fourth-order valence-corrected chi connectivity index (χ4v) is 3.39. The Morgan fingerprint density at radius 1 is 1.00 bits per heavy atom. The van der Waals surface area contributed by atoms with Gasteiger partial charge in [-0.25, -0.2) is 4.79 Å². The quantitative estimate of drug-likeness (QED) is 0.644. The van der Waals surface area contributed by atoms with E-state index in [1.54, 1.807) is 12.1 Å². The molecule has 4 heteroatoms. The van der Waals surface area contributed by atoms with Crippen molar-refractivity contribution in [2.75, 3.05) is 5.01 Å². The van der Waals surface area contributed by atoms with E-state index in [1.165, 1.54) is 5.56 Å². The summed E-state index contributed by atoms with van der Waals surface area (Å²) in [6.07, 6.45) is 5.05. The molecule has 0 spiro atoms. The number of benzene rings is 3. The zero-order valence-corrected chi connectivity index (χ0v) is 16.2. The smallest absolute Gasteiger partial charge is 0.335 e. The lowest BCUT2D eigenvalue weighted by Crippen LogP contribution is -2.24. The van der Waals surface area contributed by atoms with Crippen LogP contribution in [0.4, 0.5) is 5.69 Å². The fraction of sp³-hybridized carbons (Fsp3) is 0.120. The largest absolute Gasteiger partial charge is 0.478 e. The molecule has 0 unspecified atom stereocenters. The van der Waals surface area contributed by atoms with E-state index in [-0.39, 0.29) is 11.6 Å². The molecule has 1 heterocycles. The van der Waals surface area contributed by atoms with Crippen LogP contribution in [0, 0.1) is 6.92 Å². The van der Waals surface area contributed by atoms with Gasteiger partial charge in [0.2, 0.25) is 0 Å². The van der Waals surface area contributed by atoms with E-state index in [0.717, 1.165) is 28.9 Å².